The van der Waals surface area contributed by atoms with E-state index in [1.807, 2.05) is 0 Å². The second-order valence-electron chi connectivity index (χ2n) is 7.04. The Labute approximate surface area is 132 Å². The third kappa shape index (κ3) is 2.68. The number of aryl methyl sites for hydroxylation is 1. The van der Waals surface area contributed by atoms with Crippen molar-refractivity contribution in [3.8, 4) is 0 Å². The minimum absolute atomic E-state index is 0.397. The van der Waals surface area contributed by atoms with Gasteiger partial charge in [-0.05, 0) is 73.7 Å². The summed E-state index contributed by atoms with van der Waals surface area (Å²) in [6, 6.07) is 9.83. The maximum absolute atomic E-state index is 5.59. The zero-order chi connectivity index (χ0) is 14.2. The van der Waals surface area contributed by atoms with Crippen LogP contribution in [-0.2, 0) is 6.42 Å². The molecular weight excluding hydrogens is 276 g/mol. The Morgan fingerprint density at radius 3 is 2.76 bits per heavy atom. The normalized spacial score (nSPS) is 33.5. The highest BCUT2D eigenvalue weighted by molar-refractivity contribution is 7.80. The Balaban J connectivity index is 1.39. The van der Waals surface area contributed by atoms with E-state index in [1.54, 1.807) is 0 Å². The predicted octanol–water partition coefficient (Wildman–Crippen LogP) is 3.72. The quantitative estimate of drug-likeness (QED) is 0.814. The van der Waals surface area contributed by atoms with E-state index in [-0.39, 0.29) is 0 Å². The summed E-state index contributed by atoms with van der Waals surface area (Å²) in [7, 11) is 0. The van der Waals surface area contributed by atoms with Crippen LogP contribution in [0.5, 0.6) is 0 Å². The number of thiocarbonyl (C=S) groups is 1. The van der Waals surface area contributed by atoms with Crippen molar-refractivity contribution in [2.24, 2.45) is 11.8 Å². The topological polar surface area (TPSA) is 24.1 Å². The molecule has 2 N–H and O–H groups in total. The molecule has 0 saturated heterocycles. The van der Waals surface area contributed by atoms with E-state index in [9.17, 15) is 0 Å². The molecular formula is C18H24N2S. The fourth-order valence-electron chi connectivity index (χ4n) is 4.69. The lowest BCUT2D eigenvalue weighted by Crippen LogP contribution is -2.45. The van der Waals surface area contributed by atoms with Gasteiger partial charge in [0.2, 0.25) is 0 Å². The maximum Gasteiger partial charge on any atom is 0.167 e. The first-order valence-electron chi connectivity index (χ1n) is 8.44. The van der Waals surface area contributed by atoms with Gasteiger partial charge in [-0.15, -0.1) is 0 Å². The molecule has 2 fully saturated rings. The fraction of sp³-hybridized carbons (Fsp3) is 0.611. The lowest BCUT2D eigenvalue weighted by atomic mass is 9.88. The van der Waals surface area contributed by atoms with Gasteiger partial charge in [-0.2, -0.15) is 0 Å². The molecule has 0 spiro atoms. The van der Waals surface area contributed by atoms with Gasteiger partial charge in [0.05, 0.1) is 6.04 Å². The van der Waals surface area contributed by atoms with E-state index in [2.05, 4.69) is 34.9 Å². The van der Waals surface area contributed by atoms with Gasteiger partial charge < -0.3 is 10.6 Å². The van der Waals surface area contributed by atoms with E-state index >= 15 is 0 Å². The number of benzene rings is 1. The molecule has 1 aromatic carbocycles. The van der Waals surface area contributed by atoms with E-state index in [1.165, 1.54) is 56.1 Å². The van der Waals surface area contributed by atoms with Gasteiger partial charge in [-0.25, -0.2) is 0 Å². The Morgan fingerprint density at radius 1 is 1.05 bits per heavy atom. The Kier molecular flexibility index (Phi) is 3.62. The monoisotopic (exact) mass is 300 g/mol. The van der Waals surface area contributed by atoms with Gasteiger partial charge in [0.25, 0.3) is 0 Å². The molecule has 0 unspecified atom stereocenters. The molecule has 0 amide bonds. The van der Waals surface area contributed by atoms with Gasteiger partial charge in [0.15, 0.2) is 5.11 Å². The average Bonchev–Trinajstić information content (AvgIpc) is 3.10. The SMILES string of the molecule is S=C(N[C@H]1C[C@H]2CC[C@H]1C2)N[C@@H]1CCCc2ccccc21. The van der Waals surface area contributed by atoms with Crippen molar-refractivity contribution in [1.29, 1.82) is 0 Å². The first-order chi connectivity index (χ1) is 10.3. The highest BCUT2D eigenvalue weighted by atomic mass is 32.1. The zero-order valence-electron chi connectivity index (χ0n) is 12.5. The molecule has 2 bridgehead atoms. The third-order valence-electron chi connectivity index (χ3n) is 5.73. The maximum atomic E-state index is 5.59. The van der Waals surface area contributed by atoms with E-state index in [0.29, 0.717) is 12.1 Å². The number of hydrogen-bond donors (Lipinski definition) is 2. The molecule has 4 atom stereocenters. The second kappa shape index (κ2) is 5.60. The van der Waals surface area contributed by atoms with Crippen molar-refractivity contribution in [2.75, 3.05) is 0 Å². The van der Waals surface area contributed by atoms with Crippen LogP contribution in [0.25, 0.3) is 0 Å². The number of nitrogens with one attached hydrogen (secondary N) is 2. The van der Waals surface area contributed by atoms with Gasteiger partial charge in [-0.1, -0.05) is 30.7 Å². The zero-order valence-corrected chi connectivity index (χ0v) is 13.3. The van der Waals surface area contributed by atoms with Crippen LogP contribution in [0, 0.1) is 11.8 Å². The van der Waals surface area contributed by atoms with Crippen LogP contribution in [0.1, 0.15) is 55.7 Å². The molecule has 1 aromatic rings. The highest BCUT2D eigenvalue weighted by Gasteiger charge is 2.39. The molecule has 0 aliphatic heterocycles. The molecule has 2 nitrogen and oxygen atoms in total. The molecule has 0 radical (unpaired) electrons. The highest BCUT2D eigenvalue weighted by Crippen LogP contribution is 2.44. The molecule has 21 heavy (non-hydrogen) atoms. The van der Waals surface area contributed by atoms with E-state index in [4.69, 9.17) is 12.2 Å². The average molecular weight is 300 g/mol. The molecule has 112 valence electrons. The Bertz CT molecular complexity index is 542. The second-order valence-corrected chi connectivity index (χ2v) is 7.45. The minimum Gasteiger partial charge on any atom is -0.360 e. The van der Waals surface area contributed by atoms with Gasteiger partial charge >= 0.3 is 0 Å². The van der Waals surface area contributed by atoms with E-state index in [0.717, 1.165) is 16.9 Å². The lowest BCUT2D eigenvalue weighted by Gasteiger charge is -2.30. The Hall–Kier alpha value is -1.09. The van der Waals surface area contributed by atoms with Crippen LogP contribution in [0.3, 0.4) is 0 Å². The fourth-order valence-corrected chi connectivity index (χ4v) is 4.99. The van der Waals surface area contributed by atoms with Crippen molar-refractivity contribution in [2.45, 2.75) is 57.0 Å². The summed E-state index contributed by atoms with van der Waals surface area (Å²) in [6.07, 6.45) is 9.25. The number of fused-ring (bicyclic) bond motifs is 3. The summed E-state index contributed by atoms with van der Waals surface area (Å²) in [5.74, 6) is 1.83. The predicted molar refractivity (Wildman–Crippen MR) is 90.2 cm³/mol. The summed E-state index contributed by atoms with van der Waals surface area (Å²) in [4.78, 5) is 0. The Morgan fingerprint density at radius 2 is 1.95 bits per heavy atom. The molecule has 3 aliphatic rings. The van der Waals surface area contributed by atoms with Gasteiger partial charge in [0.1, 0.15) is 0 Å². The minimum atomic E-state index is 0.397. The molecule has 4 rings (SSSR count). The lowest BCUT2D eigenvalue weighted by molar-refractivity contribution is 0.386. The summed E-state index contributed by atoms with van der Waals surface area (Å²) in [5, 5.41) is 8.06. The van der Waals surface area contributed by atoms with Gasteiger partial charge in [0, 0.05) is 6.04 Å². The molecule has 0 heterocycles. The summed E-state index contributed by atoms with van der Waals surface area (Å²) in [6.45, 7) is 0. The van der Waals surface area contributed by atoms with Crippen molar-refractivity contribution in [3.05, 3.63) is 35.4 Å². The summed E-state index contributed by atoms with van der Waals surface area (Å²) in [5.41, 5.74) is 2.94. The molecule has 2 saturated carbocycles. The number of hydrogen-bond acceptors (Lipinski definition) is 1. The molecule has 3 aliphatic carbocycles. The van der Waals surface area contributed by atoms with Crippen LogP contribution in [0.2, 0.25) is 0 Å². The van der Waals surface area contributed by atoms with Crippen molar-refractivity contribution in [1.82, 2.24) is 10.6 Å². The van der Waals surface area contributed by atoms with Crippen LogP contribution in [0.15, 0.2) is 24.3 Å². The van der Waals surface area contributed by atoms with Crippen LogP contribution < -0.4 is 10.6 Å². The molecule has 3 heteroatoms. The largest absolute Gasteiger partial charge is 0.360 e. The molecule has 0 aromatic heterocycles. The van der Waals surface area contributed by atoms with E-state index < -0.39 is 0 Å². The van der Waals surface area contributed by atoms with Crippen LogP contribution >= 0.6 is 12.2 Å². The standard InChI is InChI=1S/C18H24N2S/c21-18(20-17-11-12-8-9-14(17)10-12)19-16-7-3-5-13-4-1-2-6-15(13)16/h1-2,4,6,12,14,16-17H,3,5,7-11H2,(H2,19,20,21)/t12-,14-,16+,17-/m0/s1. The smallest absolute Gasteiger partial charge is 0.167 e. The van der Waals surface area contributed by atoms with Gasteiger partial charge in [-0.3, -0.25) is 0 Å². The first-order valence-corrected chi connectivity index (χ1v) is 8.85. The summed E-state index contributed by atoms with van der Waals surface area (Å²) >= 11 is 5.59. The van der Waals surface area contributed by atoms with Crippen molar-refractivity contribution < 1.29 is 0 Å². The van der Waals surface area contributed by atoms with Crippen LogP contribution in [-0.4, -0.2) is 11.2 Å². The first kappa shape index (κ1) is 13.6. The van der Waals surface area contributed by atoms with Crippen LogP contribution in [0.4, 0.5) is 0 Å². The number of rotatable bonds is 2. The summed E-state index contributed by atoms with van der Waals surface area (Å²) < 4.78 is 0. The van der Waals surface area contributed by atoms with Crippen molar-refractivity contribution in [3.63, 3.8) is 0 Å². The third-order valence-corrected chi connectivity index (χ3v) is 5.97. The van der Waals surface area contributed by atoms with Crippen molar-refractivity contribution >= 4 is 17.3 Å².